The molecule has 3 nitrogen and oxygen atoms in total. The second kappa shape index (κ2) is 6.99. The van der Waals surface area contributed by atoms with E-state index < -0.39 is 5.97 Å². The molecule has 0 amide bonds. The number of hydrogen-bond donors (Lipinski definition) is 2. The number of rotatable bonds is 5. The van der Waals surface area contributed by atoms with E-state index in [2.05, 4.69) is 0 Å². The van der Waals surface area contributed by atoms with Crippen molar-refractivity contribution in [2.24, 2.45) is 11.1 Å². The zero-order valence-electron chi connectivity index (χ0n) is 11.9. The van der Waals surface area contributed by atoms with Crippen molar-refractivity contribution < 1.29 is 9.90 Å². The smallest absolute Gasteiger partial charge is 0.303 e. The molecule has 1 fully saturated rings. The van der Waals surface area contributed by atoms with Crippen LogP contribution in [0.5, 0.6) is 0 Å². The molecule has 0 heterocycles. The molecule has 5 heteroatoms. The van der Waals surface area contributed by atoms with Gasteiger partial charge in [-0.25, -0.2) is 0 Å². The van der Waals surface area contributed by atoms with Crippen LogP contribution in [-0.2, 0) is 4.79 Å². The quantitative estimate of drug-likeness (QED) is 0.814. The van der Waals surface area contributed by atoms with Gasteiger partial charge in [-0.15, -0.1) is 0 Å². The van der Waals surface area contributed by atoms with Gasteiger partial charge in [-0.1, -0.05) is 42.5 Å². The van der Waals surface area contributed by atoms with Crippen LogP contribution in [0.1, 0.15) is 56.6 Å². The third-order valence-corrected chi connectivity index (χ3v) is 5.03. The lowest BCUT2D eigenvalue weighted by Gasteiger charge is -2.38. The summed E-state index contributed by atoms with van der Waals surface area (Å²) in [6, 6.07) is 4.97. The van der Waals surface area contributed by atoms with Crippen molar-refractivity contribution >= 4 is 29.2 Å². The fraction of sp³-hybridized carbons (Fsp3) is 0.562. The summed E-state index contributed by atoms with van der Waals surface area (Å²) in [6.45, 7) is 0. The summed E-state index contributed by atoms with van der Waals surface area (Å²) in [5, 5.41) is 10.4. The van der Waals surface area contributed by atoms with Crippen molar-refractivity contribution in [3.63, 3.8) is 0 Å². The Balaban J connectivity index is 2.19. The summed E-state index contributed by atoms with van der Waals surface area (Å²) in [4.78, 5) is 11.2. The van der Waals surface area contributed by atoms with Crippen LogP contribution in [0.2, 0.25) is 10.0 Å². The Labute approximate surface area is 135 Å². The maximum Gasteiger partial charge on any atom is 0.303 e. The standard InChI is InChI=1S/C16H21Cl2NO2/c17-11-4-5-13(18)12(8-11)14(19)9-16(10-15(20)21)6-2-1-3-7-16/h4-5,8,14H,1-3,6-7,9-10,19H2,(H,20,21). The van der Waals surface area contributed by atoms with Gasteiger partial charge in [0.2, 0.25) is 0 Å². The van der Waals surface area contributed by atoms with Crippen molar-refractivity contribution in [3.05, 3.63) is 33.8 Å². The van der Waals surface area contributed by atoms with Gasteiger partial charge in [0.15, 0.2) is 0 Å². The zero-order chi connectivity index (χ0) is 15.5. The maximum atomic E-state index is 11.2. The lowest BCUT2D eigenvalue weighted by Crippen LogP contribution is -2.31. The number of benzene rings is 1. The Morgan fingerprint density at radius 1 is 1.29 bits per heavy atom. The number of halogens is 2. The molecule has 3 N–H and O–H groups in total. The Hall–Kier alpha value is -0.770. The highest BCUT2D eigenvalue weighted by atomic mass is 35.5. The van der Waals surface area contributed by atoms with Crippen molar-refractivity contribution in [2.75, 3.05) is 0 Å². The van der Waals surface area contributed by atoms with Gasteiger partial charge >= 0.3 is 5.97 Å². The highest BCUT2D eigenvalue weighted by Crippen LogP contribution is 2.46. The molecule has 0 bridgehead atoms. The van der Waals surface area contributed by atoms with Gasteiger partial charge in [-0.3, -0.25) is 4.79 Å². The molecular weight excluding hydrogens is 309 g/mol. The van der Waals surface area contributed by atoms with Gasteiger partial charge in [0.05, 0.1) is 6.42 Å². The van der Waals surface area contributed by atoms with E-state index in [4.69, 9.17) is 28.9 Å². The summed E-state index contributed by atoms with van der Waals surface area (Å²) in [5.74, 6) is -0.749. The zero-order valence-corrected chi connectivity index (χ0v) is 13.5. The molecule has 1 aromatic carbocycles. The van der Waals surface area contributed by atoms with E-state index in [-0.39, 0.29) is 17.9 Å². The van der Waals surface area contributed by atoms with E-state index >= 15 is 0 Å². The predicted molar refractivity (Wildman–Crippen MR) is 85.8 cm³/mol. The molecular formula is C16H21Cl2NO2. The Morgan fingerprint density at radius 3 is 2.57 bits per heavy atom. The number of carboxylic acid groups (broad SMARTS) is 1. The summed E-state index contributed by atoms with van der Waals surface area (Å²) in [6.07, 6.45) is 5.98. The third-order valence-electron chi connectivity index (χ3n) is 4.45. The van der Waals surface area contributed by atoms with Crippen molar-refractivity contribution in [1.82, 2.24) is 0 Å². The van der Waals surface area contributed by atoms with Crippen LogP contribution < -0.4 is 5.73 Å². The minimum absolute atomic E-state index is 0.179. The highest BCUT2D eigenvalue weighted by molar-refractivity contribution is 6.33. The summed E-state index contributed by atoms with van der Waals surface area (Å²) in [5.41, 5.74) is 6.91. The van der Waals surface area contributed by atoms with Crippen LogP contribution in [0.15, 0.2) is 18.2 Å². The lowest BCUT2D eigenvalue weighted by atomic mass is 9.67. The largest absolute Gasteiger partial charge is 0.481 e. The first-order valence-electron chi connectivity index (χ1n) is 7.34. The number of hydrogen-bond acceptors (Lipinski definition) is 2. The molecule has 0 radical (unpaired) electrons. The summed E-state index contributed by atoms with van der Waals surface area (Å²) < 4.78 is 0. The Kier molecular flexibility index (Phi) is 5.53. The van der Waals surface area contributed by atoms with E-state index in [0.717, 1.165) is 31.2 Å². The van der Waals surface area contributed by atoms with Gasteiger partial charge in [0, 0.05) is 16.1 Å². The highest BCUT2D eigenvalue weighted by Gasteiger charge is 2.36. The number of nitrogens with two attached hydrogens (primary N) is 1. The first kappa shape index (κ1) is 16.6. The predicted octanol–water partition coefficient (Wildman–Crippen LogP) is 4.81. The van der Waals surface area contributed by atoms with Crippen LogP contribution in [-0.4, -0.2) is 11.1 Å². The van der Waals surface area contributed by atoms with E-state index in [1.165, 1.54) is 6.42 Å². The van der Waals surface area contributed by atoms with E-state index in [0.29, 0.717) is 16.5 Å². The van der Waals surface area contributed by atoms with E-state index in [1.54, 1.807) is 18.2 Å². The molecule has 0 aromatic heterocycles. The Bertz CT molecular complexity index is 513. The normalized spacial score (nSPS) is 19.2. The molecule has 1 aromatic rings. The Morgan fingerprint density at radius 2 is 1.95 bits per heavy atom. The maximum absolute atomic E-state index is 11.2. The molecule has 1 saturated carbocycles. The van der Waals surface area contributed by atoms with Gasteiger partial charge < -0.3 is 10.8 Å². The summed E-state index contributed by atoms with van der Waals surface area (Å²) in [7, 11) is 0. The minimum atomic E-state index is -0.749. The van der Waals surface area contributed by atoms with Crippen molar-refractivity contribution in [3.8, 4) is 0 Å². The van der Waals surface area contributed by atoms with Crippen molar-refractivity contribution in [2.45, 2.75) is 51.0 Å². The van der Waals surface area contributed by atoms with E-state index in [1.807, 2.05) is 0 Å². The molecule has 0 saturated heterocycles. The number of aliphatic carboxylic acids is 1. The molecule has 1 unspecified atom stereocenters. The number of carboxylic acids is 1. The van der Waals surface area contributed by atoms with Crippen LogP contribution in [0.25, 0.3) is 0 Å². The van der Waals surface area contributed by atoms with Crippen LogP contribution in [0, 0.1) is 5.41 Å². The average Bonchev–Trinajstić information content (AvgIpc) is 2.41. The first-order valence-corrected chi connectivity index (χ1v) is 8.10. The minimum Gasteiger partial charge on any atom is -0.481 e. The summed E-state index contributed by atoms with van der Waals surface area (Å²) >= 11 is 12.2. The SMILES string of the molecule is NC(CC1(CC(=O)O)CCCCC1)c1cc(Cl)ccc1Cl. The molecule has 2 rings (SSSR count). The topological polar surface area (TPSA) is 63.3 Å². The molecule has 1 atom stereocenters. The molecule has 1 aliphatic rings. The molecule has 21 heavy (non-hydrogen) atoms. The lowest BCUT2D eigenvalue weighted by molar-refractivity contribution is -0.140. The van der Waals surface area contributed by atoms with Crippen molar-refractivity contribution in [1.29, 1.82) is 0 Å². The molecule has 0 aliphatic heterocycles. The van der Waals surface area contributed by atoms with Gasteiger partial charge in [0.25, 0.3) is 0 Å². The first-order chi connectivity index (χ1) is 9.92. The number of carbonyl (C=O) groups is 1. The fourth-order valence-electron chi connectivity index (χ4n) is 3.45. The average molecular weight is 330 g/mol. The molecule has 1 aliphatic carbocycles. The fourth-order valence-corrected chi connectivity index (χ4v) is 3.89. The second-order valence-corrected chi connectivity index (χ2v) is 6.95. The third kappa shape index (κ3) is 4.35. The molecule has 116 valence electrons. The second-order valence-electron chi connectivity index (χ2n) is 6.11. The monoisotopic (exact) mass is 329 g/mol. The van der Waals surface area contributed by atoms with Gasteiger partial charge in [-0.2, -0.15) is 0 Å². The molecule has 0 spiro atoms. The van der Waals surface area contributed by atoms with Gasteiger partial charge in [-0.05, 0) is 48.4 Å². The van der Waals surface area contributed by atoms with Crippen LogP contribution in [0.3, 0.4) is 0 Å². The van der Waals surface area contributed by atoms with Crippen LogP contribution in [0.4, 0.5) is 0 Å². The van der Waals surface area contributed by atoms with E-state index in [9.17, 15) is 9.90 Å². The van der Waals surface area contributed by atoms with Gasteiger partial charge in [0.1, 0.15) is 0 Å². The van der Waals surface area contributed by atoms with Crippen LogP contribution >= 0.6 is 23.2 Å².